The van der Waals surface area contributed by atoms with E-state index < -0.39 is 50.3 Å². The highest BCUT2D eigenvalue weighted by atomic mass is 35.5. The topological polar surface area (TPSA) is 103 Å². The van der Waals surface area contributed by atoms with Gasteiger partial charge in [-0.15, -0.1) is 18.3 Å². The van der Waals surface area contributed by atoms with Gasteiger partial charge in [-0.1, -0.05) is 16.8 Å². The lowest BCUT2D eigenvalue weighted by Crippen LogP contribution is -2.32. The third kappa shape index (κ3) is 4.96. The highest BCUT2D eigenvalue weighted by Crippen LogP contribution is 2.30. The van der Waals surface area contributed by atoms with Crippen LogP contribution in [0.3, 0.4) is 0 Å². The van der Waals surface area contributed by atoms with Gasteiger partial charge in [0.05, 0.1) is 16.4 Å². The molecule has 1 N–H and O–H groups in total. The molecule has 0 saturated heterocycles. The molecule has 1 amide bonds. The number of nitrogens with one attached hydrogen (secondary N) is 1. The lowest BCUT2D eigenvalue weighted by atomic mass is 10.2. The van der Waals surface area contributed by atoms with Crippen molar-refractivity contribution in [1.29, 1.82) is 0 Å². The lowest BCUT2D eigenvalue weighted by Gasteiger charge is -2.11. The second kappa shape index (κ2) is 8.35. The van der Waals surface area contributed by atoms with Crippen LogP contribution in [0.25, 0.3) is 5.69 Å². The summed E-state index contributed by atoms with van der Waals surface area (Å²) in [5, 5.41) is 6.92. The van der Waals surface area contributed by atoms with Crippen molar-refractivity contribution in [2.45, 2.75) is 18.2 Å². The second-order valence-electron chi connectivity index (χ2n) is 6.11. The van der Waals surface area contributed by atoms with Crippen molar-refractivity contribution in [2.75, 3.05) is 0 Å². The van der Waals surface area contributed by atoms with E-state index in [1.807, 2.05) is 0 Å². The van der Waals surface area contributed by atoms with Crippen LogP contribution in [0.4, 0.5) is 22.0 Å². The maximum absolute atomic E-state index is 13.8. The number of hydrogen-bond donors (Lipinski definition) is 1. The Morgan fingerprint density at radius 1 is 1.16 bits per heavy atom. The second-order valence-corrected chi connectivity index (χ2v) is 8.16. The molecule has 0 saturated carbocycles. The van der Waals surface area contributed by atoms with Gasteiger partial charge in [-0.25, -0.2) is 26.6 Å². The highest BCUT2D eigenvalue weighted by Gasteiger charge is 2.31. The maximum Gasteiger partial charge on any atom is 0.573 e. The minimum atomic E-state index is -4.94. The van der Waals surface area contributed by atoms with Crippen molar-refractivity contribution in [3.63, 3.8) is 0 Å². The molecule has 0 bridgehead atoms. The summed E-state index contributed by atoms with van der Waals surface area (Å²) in [4.78, 5) is 11.3. The van der Waals surface area contributed by atoms with Crippen molar-refractivity contribution < 1.29 is 39.9 Å². The Hall–Kier alpha value is -3.26. The number of nitrogens with zero attached hydrogens (tertiary/aromatic N) is 3. The van der Waals surface area contributed by atoms with Gasteiger partial charge in [0.1, 0.15) is 22.3 Å². The highest BCUT2D eigenvalue weighted by molar-refractivity contribution is 7.90. The van der Waals surface area contributed by atoms with Gasteiger partial charge in [0.25, 0.3) is 15.9 Å². The Bertz CT molecular complexity index is 1310. The van der Waals surface area contributed by atoms with Gasteiger partial charge in [0.15, 0.2) is 5.69 Å². The predicted octanol–water partition coefficient (Wildman–Crippen LogP) is 3.52. The summed E-state index contributed by atoms with van der Waals surface area (Å²) in [6, 6.07) is 4.55. The number of carbonyl (C=O) groups excluding carboxylic acids is 1. The molecule has 8 nitrogen and oxygen atoms in total. The van der Waals surface area contributed by atoms with E-state index in [0.717, 1.165) is 22.9 Å². The van der Waals surface area contributed by atoms with Crippen molar-refractivity contribution in [1.82, 2.24) is 19.7 Å². The number of halogens is 6. The number of sulfonamides is 1. The number of rotatable bonds is 5. The van der Waals surface area contributed by atoms with Crippen molar-refractivity contribution in [3.05, 3.63) is 64.4 Å². The molecule has 0 atom stereocenters. The predicted molar refractivity (Wildman–Crippen MR) is 98.8 cm³/mol. The summed E-state index contributed by atoms with van der Waals surface area (Å²) in [5.74, 6) is -4.26. The van der Waals surface area contributed by atoms with E-state index >= 15 is 0 Å². The minimum Gasteiger partial charge on any atom is -0.406 e. The first-order chi connectivity index (χ1) is 14.8. The summed E-state index contributed by atoms with van der Waals surface area (Å²) in [5.41, 5.74) is -0.565. The van der Waals surface area contributed by atoms with Crippen LogP contribution in [0.5, 0.6) is 5.75 Å². The molecule has 170 valence electrons. The smallest absolute Gasteiger partial charge is 0.406 e. The van der Waals surface area contributed by atoms with Gasteiger partial charge in [-0.2, -0.15) is 0 Å². The first-order valence-electron chi connectivity index (χ1n) is 8.28. The van der Waals surface area contributed by atoms with Gasteiger partial charge >= 0.3 is 6.36 Å². The molecular weight excluding hydrogens is 487 g/mol. The molecule has 0 unspecified atom stereocenters. The number of aromatic nitrogens is 3. The van der Waals surface area contributed by atoms with Crippen LogP contribution in [-0.2, 0) is 10.0 Å². The SMILES string of the molecule is Cc1c(C(=O)NS(=O)(=O)c2cc(F)ccc2F)nnn1-c1ccc(OC(F)(F)F)cc1Cl. The zero-order chi connectivity index (χ0) is 23.8. The molecule has 0 aliphatic carbocycles. The van der Waals surface area contributed by atoms with Crippen LogP contribution in [-0.4, -0.2) is 35.7 Å². The van der Waals surface area contributed by atoms with E-state index in [1.54, 1.807) is 4.72 Å². The normalized spacial score (nSPS) is 12.0. The van der Waals surface area contributed by atoms with Crippen molar-refractivity contribution >= 4 is 27.5 Å². The van der Waals surface area contributed by atoms with E-state index in [1.165, 1.54) is 6.92 Å². The third-order valence-corrected chi connectivity index (χ3v) is 5.55. The summed E-state index contributed by atoms with van der Waals surface area (Å²) < 4.78 is 94.8. The Morgan fingerprint density at radius 2 is 1.84 bits per heavy atom. The molecule has 3 rings (SSSR count). The zero-order valence-electron chi connectivity index (χ0n) is 15.6. The molecule has 1 heterocycles. The first kappa shape index (κ1) is 23.4. The molecule has 15 heteroatoms. The van der Waals surface area contributed by atoms with Crippen molar-refractivity contribution in [3.8, 4) is 11.4 Å². The van der Waals surface area contributed by atoms with E-state index in [0.29, 0.717) is 18.2 Å². The summed E-state index contributed by atoms with van der Waals surface area (Å²) in [6.07, 6.45) is -4.94. The molecule has 0 aliphatic rings. The Morgan fingerprint density at radius 3 is 2.47 bits per heavy atom. The molecule has 1 aromatic heterocycles. The number of amides is 1. The molecule has 0 spiro atoms. The lowest BCUT2D eigenvalue weighted by molar-refractivity contribution is -0.274. The molecule has 2 aromatic carbocycles. The first-order valence-corrected chi connectivity index (χ1v) is 10.1. The quantitative estimate of drug-likeness (QED) is 0.542. The molecule has 0 aliphatic heterocycles. The van der Waals surface area contributed by atoms with E-state index in [-0.39, 0.29) is 16.4 Å². The van der Waals surface area contributed by atoms with Gasteiger partial charge in [-0.05, 0) is 37.3 Å². The van der Waals surface area contributed by atoms with Gasteiger partial charge in [0, 0.05) is 6.07 Å². The fourth-order valence-electron chi connectivity index (χ4n) is 2.53. The standard InChI is InChI=1S/C17H10ClF5N4O4S/c1-8-15(16(28)25-32(29,30)14-6-9(19)2-4-12(14)20)24-26-27(8)13-5-3-10(7-11(13)18)31-17(21,22)23/h2-7H,1H3,(H,25,28). The third-order valence-electron chi connectivity index (χ3n) is 3.90. The molecular formula is C17H10ClF5N4O4S. The fraction of sp³-hybridized carbons (Fsp3) is 0.118. The van der Waals surface area contributed by atoms with Crippen LogP contribution >= 0.6 is 11.6 Å². The maximum atomic E-state index is 13.8. The van der Waals surface area contributed by atoms with E-state index in [4.69, 9.17) is 11.6 Å². The zero-order valence-corrected chi connectivity index (χ0v) is 17.2. The van der Waals surface area contributed by atoms with Gasteiger partial charge in [-0.3, -0.25) is 4.79 Å². The number of carbonyl (C=O) groups is 1. The van der Waals surface area contributed by atoms with E-state index in [9.17, 15) is 35.2 Å². The van der Waals surface area contributed by atoms with Gasteiger partial charge < -0.3 is 4.74 Å². The molecule has 32 heavy (non-hydrogen) atoms. The molecule has 0 radical (unpaired) electrons. The number of ether oxygens (including phenoxy) is 1. The van der Waals surface area contributed by atoms with Crippen LogP contribution in [0.2, 0.25) is 5.02 Å². The summed E-state index contributed by atoms with van der Waals surface area (Å²) >= 11 is 5.96. The molecule has 0 fully saturated rings. The van der Waals surface area contributed by atoms with Crippen LogP contribution < -0.4 is 9.46 Å². The van der Waals surface area contributed by atoms with Crippen molar-refractivity contribution in [2.24, 2.45) is 0 Å². The monoisotopic (exact) mass is 496 g/mol. The van der Waals surface area contributed by atoms with Crippen LogP contribution in [0.1, 0.15) is 16.2 Å². The number of benzene rings is 2. The minimum absolute atomic E-state index is 0.00396. The van der Waals surface area contributed by atoms with Crippen LogP contribution in [0, 0.1) is 18.6 Å². The molecule has 3 aromatic rings. The van der Waals surface area contributed by atoms with Crippen LogP contribution in [0.15, 0.2) is 41.3 Å². The summed E-state index contributed by atoms with van der Waals surface area (Å²) in [6.45, 7) is 1.29. The Kier molecular flexibility index (Phi) is 6.11. The number of hydrogen-bond acceptors (Lipinski definition) is 6. The summed E-state index contributed by atoms with van der Waals surface area (Å²) in [7, 11) is -4.80. The average Bonchev–Trinajstić information content (AvgIpc) is 3.03. The average molecular weight is 497 g/mol. The Labute approximate surface area is 181 Å². The largest absolute Gasteiger partial charge is 0.573 e. The fourth-order valence-corrected chi connectivity index (χ4v) is 3.83. The van der Waals surface area contributed by atoms with E-state index in [2.05, 4.69) is 15.0 Å². The van der Waals surface area contributed by atoms with Gasteiger partial charge in [0.2, 0.25) is 0 Å². The Balaban J connectivity index is 1.89. The number of alkyl halides is 3.